The standard InChI is InChI=1S/C10H17F3N2S/c11-10(12,13)16-6-3-14-9-7-15-4-1-8(9)2-5-15/h8-9,14H,1-7H2. The SMILES string of the molecule is FC(F)(F)SCCNC1CN2CCC1CC2. The molecule has 2 bridgehead atoms. The molecule has 0 amide bonds. The predicted molar refractivity (Wildman–Crippen MR) is 59.5 cm³/mol. The predicted octanol–water partition coefficient (Wildman–Crippen LogP) is 1.92. The van der Waals surface area contributed by atoms with E-state index in [1.165, 1.54) is 25.9 Å². The molecule has 0 saturated carbocycles. The average Bonchev–Trinajstić information content (AvgIpc) is 2.25. The first-order valence-electron chi connectivity index (χ1n) is 5.71. The maximum absolute atomic E-state index is 11.9. The minimum atomic E-state index is -4.09. The Morgan fingerprint density at radius 3 is 2.44 bits per heavy atom. The number of halogens is 3. The van der Waals surface area contributed by atoms with E-state index in [2.05, 4.69) is 10.2 Å². The van der Waals surface area contributed by atoms with Crippen LogP contribution in [0.15, 0.2) is 0 Å². The van der Waals surface area contributed by atoms with Crippen LogP contribution in [0, 0.1) is 5.92 Å². The molecule has 3 fully saturated rings. The Morgan fingerprint density at radius 1 is 1.25 bits per heavy atom. The molecule has 0 aromatic carbocycles. The summed E-state index contributed by atoms with van der Waals surface area (Å²) in [5.41, 5.74) is -4.09. The topological polar surface area (TPSA) is 15.3 Å². The number of nitrogens with one attached hydrogen (secondary N) is 1. The van der Waals surface area contributed by atoms with E-state index in [9.17, 15) is 13.2 Å². The van der Waals surface area contributed by atoms with Crippen LogP contribution in [0.3, 0.4) is 0 Å². The number of alkyl halides is 3. The van der Waals surface area contributed by atoms with Gasteiger partial charge in [0.15, 0.2) is 0 Å². The molecule has 2 nitrogen and oxygen atoms in total. The summed E-state index contributed by atoms with van der Waals surface area (Å²) in [5, 5.41) is 3.26. The van der Waals surface area contributed by atoms with Gasteiger partial charge in [0.2, 0.25) is 0 Å². The monoisotopic (exact) mass is 254 g/mol. The van der Waals surface area contributed by atoms with Crippen molar-refractivity contribution in [3.8, 4) is 0 Å². The Hall–Kier alpha value is 0.0600. The molecule has 6 heteroatoms. The molecule has 94 valence electrons. The molecule has 0 aromatic rings. The van der Waals surface area contributed by atoms with Gasteiger partial charge < -0.3 is 10.2 Å². The molecule has 3 heterocycles. The Balaban J connectivity index is 1.63. The largest absolute Gasteiger partial charge is 0.441 e. The van der Waals surface area contributed by atoms with Crippen LogP contribution >= 0.6 is 11.8 Å². The van der Waals surface area contributed by atoms with Gasteiger partial charge in [-0.25, -0.2) is 0 Å². The average molecular weight is 254 g/mol. The first kappa shape index (κ1) is 12.5. The van der Waals surface area contributed by atoms with Crippen molar-refractivity contribution in [2.75, 3.05) is 31.9 Å². The van der Waals surface area contributed by atoms with Crippen LogP contribution in [-0.4, -0.2) is 48.4 Å². The van der Waals surface area contributed by atoms with Crippen LogP contribution in [0.5, 0.6) is 0 Å². The summed E-state index contributed by atoms with van der Waals surface area (Å²) in [6.45, 7) is 3.81. The van der Waals surface area contributed by atoms with Gasteiger partial charge in [-0.3, -0.25) is 0 Å². The molecule has 16 heavy (non-hydrogen) atoms. The lowest BCUT2D eigenvalue weighted by Gasteiger charge is -2.45. The van der Waals surface area contributed by atoms with Crippen molar-refractivity contribution in [2.45, 2.75) is 24.4 Å². The van der Waals surface area contributed by atoms with Crippen molar-refractivity contribution in [3.05, 3.63) is 0 Å². The summed E-state index contributed by atoms with van der Waals surface area (Å²) >= 11 is 0.0661. The maximum Gasteiger partial charge on any atom is 0.441 e. The van der Waals surface area contributed by atoms with Gasteiger partial charge in [0, 0.05) is 24.9 Å². The van der Waals surface area contributed by atoms with Crippen LogP contribution in [-0.2, 0) is 0 Å². The third-order valence-electron chi connectivity index (χ3n) is 3.43. The molecule has 3 aliphatic rings. The molecule has 3 saturated heterocycles. The highest BCUT2D eigenvalue weighted by molar-refractivity contribution is 8.00. The molecule has 3 aliphatic heterocycles. The highest BCUT2D eigenvalue weighted by atomic mass is 32.2. The normalized spacial score (nSPS) is 34.3. The van der Waals surface area contributed by atoms with Crippen LogP contribution in [0.25, 0.3) is 0 Å². The molecule has 0 aromatic heterocycles. The van der Waals surface area contributed by atoms with Crippen molar-refractivity contribution < 1.29 is 13.2 Å². The summed E-state index contributed by atoms with van der Waals surface area (Å²) in [6.07, 6.45) is 2.40. The lowest BCUT2D eigenvalue weighted by molar-refractivity contribution is -0.0328. The summed E-state index contributed by atoms with van der Waals surface area (Å²) in [5.74, 6) is 0.799. The van der Waals surface area contributed by atoms with E-state index in [4.69, 9.17) is 0 Å². The number of hydrogen-bond donors (Lipinski definition) is 1. The molecule has 1 atom stereocenters. The molecule has 1 unspecified atom stereocenters. The maximum atomic E-state index is 11.9. The van der Waals surface area contributed by atoms with Crippen molar-refractivity contribution in [1.29, 1.82) is 0 Å². The van der Waals surface area contributed by atoms with Crippen molar-refractivity contribution in [1.82, 2.24) is 10.2 Å². The molecule has 1 N–H and O–H groups in total. The fourth-order valence-corrected chi connectivity index (χ4v) is 3.06. The van der Waals surface area contributed by atoms with E-state index in [0.29, 0.717) is 18.5 Å². The number of fused-ring (bicyclic) bond motifs is 3. The third-order valence-corrected chi connectivity index (χ3v) is 4.17. The van der Waals surface area contributed by atoms with E-state index in [1.807, 2.05) is 0 Å². The summed E-state index contributed by atoms with van der Waals surface area (Å²) < 4.78 is 35.7. The number of rotatable bonds is 4. The smallest absolute Gasteiger partial charge is 0.312 e. The van der Waals surface area contributed by atoms with Gasteiger partial charge in [0.1, 0.15) is 0 Å². The number of hydrogen-bond acceptors (Lipinski definition) is 3. The molecular weight excluding hydrogens is 237 g/mol. The lowest BCUT2D eigenvalue weighted by Crippen LogP contribution is -2.56. The van der Waals surface area contributed by atoms with Gasteiger partial charge in [-0.1, -0.05) is 0 Å². The lowest BCUT2D eigenvalue weighted by atomic mass is 9.84. The zero-order valence-electron chi connectivity index (χ0n) is 9.09. The van der Waals surface area contributed by atoms with Crippen LogP contribution in [0.2, 0.25) is 0 Å². The Kier molecular flexibility index (Phi) is 4.02. The minimum absolute atomic E-state index is 0.0661. The van der Waals surface area contributed by atoms with E-state index in [-0.39, 0.29) is 17.5 Å². The highest BCUT2D eigenvalue weighted by Crippen LogP contribution is 2.30. The molecule has 0 aliphatic carbocycles. The third kappa shape index (κ3) is 3.53. The fourth-order valence-electron chi connectivity index (χ4n) is 2.61. The second-order valence-electron chi connectivity index (χ2n) is 4.49. The summed E-state index contributed by atoms with van der Waals surface area (Å²) in [4.78, 5) is 2.40. The van der Waals surface area contributed by atoms with Gasteiger partial charge in [-0.15, -0.1) is 0 Å². The number of nitrogens with zero attached hydrogens (tertiary/aromatic N) is 1. The van der Waals surface area contributed by atoms with Gasteiger partial charge in [-0.05, 0) is 43.6 Å². The fraction of sp³-hybridized carbons (Fsp3) is 1.00. The van der Waals surface area contributed by atoms with Crippen LogP contribution in [0.4, 0.5) is 13.2 Å². The number of thioether (sulfide) groups is 1. The Bertz CT molecular complexity index is 227. The second kappa shape index (κ2) is 5.14. The van der Waals surface area contributed by atoms with Crippen molar-refractivity contribution >= 4 is 11.8 Å². The van der Waals surface area contributed by atoms with Gasteiger partial charge in [-0.2, -0.15) is 13.2 Å². The Labute approximate surface area is 97.9 Å². The van der Waals surface area contributed by atoms with Crippen molar-refractivity contribution in [3.63, 3.8) is 0 Å². The van der Waals surface area contributed by atoms with Gasteiger partial charge >= 0.3 is 5.51 Å². The first-order chi connectivity index (χ1) is 7.54. The summed E-state index contributed by atoms with van der Waals surface area (Å²) in [6, 6.07) is 0.413. The van der Waals surface area contributed by atoms with E-state index >= 15 is 0 Å². The van der Waals surface area contributed by atoms with Crippen LogP contribution in [0.1, 0.15) is 12.8 Å². The zero-order chi connectivity index (χ0) is 11.6. The molecular formula is C10H17F3N2S. The van der Waals surface area contributed by atoms with Gasteiger partial charge in [0.25, 0.3) is 0 Å². The molecule has 3 rings (SSSR count). The van der Waals surface area contributed by atoms with E-state index in [1.54, 1.807) is 0 Å². The summed E-state index contributed by atoms with van der Waals surface area (Å²) in [7, 11) is 0. The molecule has 0 radical (unpaired) electrons. The van der Waals surface area contributed by atoms with E-state index in [0.717, 1.165) is 6.54 Å². The van der Waals surface area contributed by atoms with E-state index < -0.39 is 5.51 Å². The van der Waals surface area contributed by atoms with Crippen LogP contribution < -0.4 is 5.32 Å². The Morgan fingerprint density at radius 2 is 1.94 bits per heavy atom. The van der Waals surface area contributed by atoms with Crippen molar-refractivity contribution in [2.24, 2.45) is 5.92 Å². The molecule has 0 spiro atoms. The zero-order valence-corrected chi connectivity index (χ0v) is 9.91. The second-order valence-corrected chi connectivity index (χ2v) is 5.65. The van der Waals surface area contributed by atoms with Gasteiger partial charge in [0.05, 0.1) is 0 Å². The minimum Gasteiger partial charge on any atom is -0.312 e. The quantitative estimate of drug-likeness (QED) is 0.772. The first-order valence-corrected chi connectivity index (χ1v) is 6.69. The number of piperidine rings is 3. The highest BCUT2D eigenvalue weighted by Gasteiger charge is 2.34.